The monoisotopic (exact) mass is 334 g/mol. The van der Waals surface area contributed by atoms with Crippen LogP contribution in [0.4, 0.5) is 0 Å². The lowest BCUT2D eigenvalue weighted by Gasteiger charge is -2.42. The number of fused-ring (bicyclic) bond motifs is 2. The normalized spacial score (nSPS) is 28.5. The Labute approximate surface area is 142 Å². The van der Waals surface area contributed by atoms with E-state index in [2.05, 4.69) is 44.9 Å². The van der Waals surface area contributed by atoms with Gasteiger partial charge in [-0.2, -0.15) is 0 Å². The summed E-state index contributed by atoms with van der Waals surface area (Å²) in [5.74, 6) is 0. The lowest BCUT2D eigenvalue weighted by Crippen LogP contribution is -2.54. The summed E-state index contributed by atoms with van der Waals surface area (Å²) in [6.07, 6.45) is 4.24. The molecule has 0 amide bonds. The Morgan fingerprint density at radius 1 is 1.13 bits per heavy atom. The fourth-order valence-electron chi connectivity index (χ4n) is 3.84. The highest BCUT2D eigenvalue weighted by atomic mass is 35.5. The highest BCUT2D eigenvalue weighted by Gasteiger charge is 2.37. The van der Waals surface area contributed by atoms with Crippen molar-refractivity contribution in [2.24, 2.45) is 0 Å². The fraction of sp³-hybridized carbons (Fsp3) is 0.529. The van der Waals surface area contributed by atoms with Crippen LogP contribution >= 0.6 is 12.4 Å². The van der Waals surface area contributed by atoms with Crippen molar-refractivity contribution in [2.45, 2.75) is 38.1 Å². The predicted octanol–water partition coefficient (Wildman–Crippen LogP) is 1.69. The number of rotatable bonds is 2. The van der Waals surface area contributed by atoms with Gasteiger partial charge in [0.15, 0.2) is 0 Å². The number of aliphatic hydroxyl groups excluding tert-OH is 1. The number of hydrogen-bond acceptors (Lipinski definition) is 5. The molecule has 3 atom stereocenters. The molecule has 1 unspecified atom stereocenters. The third kappa shape index (κ3) is 3.33. The molecule has 3 heterocycles. The summed E-state index contributed by atoms with van der Waals surface area (Å²) in [6.45, 7) is 6.15. The molecular weight excluding hydrogens is 312 g/mol. The van der Waals surface area contributed by atoms with Gasteiger partial charge in [0.25, 0.3) is 0 Å². The van der Waals surface area contributed by atoms with Gasteiger partial charge in [0.05, 0.1) is 17.1 Å². The highest BCUT2D eigenvalue weighted by molar-refractivity contribution is 5.85. The van der Waals surface area contributed by atoms with E-state index in [9.17, 15) is 5.11 Å². The van der Waals surface area contributed by atoms with E-state index in [1.165, 1.54) is 5.56 Å². The Bertz CT molecular complexity index is 682. The first-order valence-electron chi connectivity index (χ1n) is 8.05. The zero-order valence-electron chi connectivity index (χ0n) is 13.3. The molecule has 0 radical (unpaired) electrons. The van der Waals surface area contributed by atoms with Crippen LogP contribution in [-0.2, 0) is 6.54 Å². The molecule has 0 spiro atoms. The molecule has 5 nitrogen and oxygen atoms in total. The molecule has 2 aliphatic heterocycles. The SMILES string of the molecule is C[C@H]1CN2C[C@H](O)CC2CN1Cc1ccc2nccnc2c1.Cl. The summed E-state index contributed by atoms with van der Waals surface area (Å²) in [5.41, 5.74) is 3.19. The third-order valence-corrected chi connectivity index (χ3v) is 4.99. The molecule has 23 heavy (non-hydrogen) atoms. The molecule has 2 saturated heterocycles. The van der Waals surface area contributed by atoms with Crippen LogP contribution in [0.2, 0.25) is 0 Å². The summed E-state index contributed by atoms with van der Waals surface area (Å²) in [5, 5.41) is 9.87. The predicted molar refractivity (Wildman–Crippen MR) is 92.6 cm³/mol. The van der Waals surface area contributed by atoms with Gasteiger partial charge in [0.2, 0.25) is 0 Å². The molecule has 2 fully saturated rings. The molecule has 1 aromatic carbocycles. The first-order valence-corrected chi connectivity index (χ1v) is 8.05. The van der Waals surface area contributed by atoms with Crippen molar-refractivity contribution in [3.63, 3.8) is 0 Å². The van der Waals surface area contributed by atoms with E-state index in [0.717, 1.165) is 43.6 Å². The van der Waals surface area contributed by atoms with Gasteiger partial charge in [0, 0.05) is 50.7 Å². The first kappa shape index (κ1) is 16.6. The van der Waals surface area contributed by atoms with Crippen LogP contribution in [0, 0.1) is 0 Å². The van der Waals surface area contributed by atoms with Gasteiger partial charge < -0.3 is 5.11 Å². The molecule has 1 N–H and O–H groups in total. The van der Waals surface area contributed by atoms with Gasteiger partial charge in [-0.3, -0.25) is 19.8 Å². The number of aliphatic hydroxyl groups is 1. The number of benzene rings is 1. The Balaban J connectivity index is 0.00000156. The zero-order valence-corrected chi connectivity index (χ0v) is 14.1. The smallest absolute Gasteiger partial charge is 0.0890 e. The van der Waals surface area contributed by atoms with Crippen LogP contribution in [0.25, 0.3) is 11.0 Å². The van der Waals surface area contributed by atoms with Gasteiger partial charge in [-0.1, -0.05) is 6.07 Å². The van der Waals surface area contributed by atoms with E-state index < -0.39 is 0 Å². The van der Waals surface area contributed by atoms with E-state index in [-0.39, 0.29) is 18.5 Å². The van der Waals surface area contributed by atoms with Crippen molar-refractivity contribution in [1.82, 2.24) is 19.8 Å². The van der Waals surface area contributed by atoms with Crippen molar-refractivity contribution in [2.75, 3.05) is 19.6 Å². The van der Waals surface area contributed by atoms with Gasteiger partial charge in [-0.25, -0.2) is 0 Å². The Morgan fingerprint density at radius 2 is 1.91 bits per heavy atom. The topological polar surface area (TPSA) is 52.5 Å². The molecule has 0 aliphatic carbocycles. The number of nitrogens with zero attached hydrogens (tertiary/aromatic N) is 4. The third-order valence-electron chi connectivity index (χ3n) is 4.99. The Morgan fingerprint density at radius 3 is 2.74 bits per heavy atom. The standard InChI is InChI=1S/C17H22N4O.ClH/c1-12-8-21-11-15(22)7-14(21)10-20(12)9-13-2-3-16-17(6-13)19-5-4-18-16;/h2-6,12,14-15,22H,7-11H2,1H3;1H/t12-,14?,15+;/m0./s1. The summed E-state index contributed by atoms with van der Waals surface area (Å²) in [4.78, 5) is 13.7. The molecule has 2 aliphatic rings. The van der Waals surface area contributed by atoms with Crippen molar-refractivity contribution in [1.29, 1.82) is 0 Å². The van der Waals surface area contributed by atoms with Crippen molar-refractivity contribution in [3.05, 3.63) is 36.2 Å². The van der Waals surface area contributed by atoms with Gasteiger partial charge in [-0.05, 0) is 31.0 Å². The van der Waals surface area contributed by atoms with Crippen LogP contribution in [0.3, 0.4) is 0 Å². The molecule has 2 aromatic rings. The Kier molecular flexibility index (Phi) is 4.82. The second-order valence-electron chi connectivity index (χ2n) is 6.66. The van der Waals surface area contributed by atoms with E-state index in [0.29, 0.717) is 12.1 Å². The minimum Gasteiger partial charge on any atom is -0.392 e. The molecule has 124 valence electrons. The summed E-state index contributed by atoms with van der Waals surface area (Å²) in [7, 11) is 0. The lowest BCUT2D eigenvalue weighted by atomic mass is 10.1. The number of aromatic nitrogens is 2. The van der Waals surface area contributed by atoms with Crippen LogP contribution in [0.15, 0.2) is 30.6 Å². The molecular formula is C17H23ClN4O. The lowest BCUT2D eigenvalue weighted by molar-refractivity contribution is 0.0529. The van der Waals surface area contributed by atoms with Crippen LogP contribution in [0.1, 0.15) is 18.9 Å². The second-order valence-corrected chi connectivity index (χ2v) is 6.66. The molecule has 6 heteroatoms. The highest BCUT2D eigenvalue weighted by Crippen LogP contribution is 2.26. The second kappa shape index (κ2) is 6.69. The van der Waals surface area contributed by atoms with E-state index in [1.807, 2.05) is 0 Å². The Hall–Kier alpha value is -1.27. The quantitative estimate of drug-likeness (QED) is 0.905. The van der Waals surface area contributed by atoms with Crippen LogP contribution in [0.5, 0.6) is 0 Å². The number of hydrogen-bond donors (Lipinski definition) is 1. The molecule has 4 rings (SSSR count). The van der Waals surface area contributed by atoms with Crippen LogP contribution in [-0.4, -0.2) is 62.7 Å². The van der Waals surface area contributed by atoms with E-state index >= 15 is 0 Å². The maximum absolute atomic E-state index is 9.87. The average Bonchev–Trinajstić information content (AvgIpc) is 2.86. The van der Waals surface area contributed by atoms with E-state index in [4.69, 9.17) is 0 Å². The maximum atomic E-state index is 9.87. The summed E-state index contributed by atoms with van der Waals surface area (Å²) < 4.78 is 0. The van der Waals surface area contributed by atoms with Crippen molar-refractivity contribution >= 4 is 23.4 Å². The largest absolute Gasteiger partial charge is 0.392 e. The number of halogens is 1. The zero-order chi connectivity index (χ0) is 15.1. The minimum absolute atomic E-state index is 0. The fourth-order valence-corrected chi connectivity index (χ4v) is 3.84. The van der Waals surface area contributed by atoms with Gasteiger partial charge in [-0.15, -0.1) is 12.4 Å². The molecule has 1 aromatic heterocycles. The van der Waals surface area contributed by atoms with Crippen molar-refractivity contribution < 1.29 is 5.11 Å². The maximum Gasteiger partial charge on any atom is 0.0890 e. The molecule has 0 bridgehead atoms. The average molecular weight is 335 g/mol. The first-order chi connectivity index (χ1) is 10.7. The van der Waals surface area contributed by atoms with Gasteiger partial charge in [0.1, 0.15) is 0 Å². The number of piperazine rings is 1. The van der Waals surface area contributed by atoms with E-state index in [1.54, 1.807) is 12.4 Å². The van der Waals surface area contributed by atoms with Crippen LogP contribution < -0.4 is 0 Å². The summed E-state index contributed by atoms with van der Waals surface area (Å²) in [6, 6.07) is 7.37. The van der Waals surface area contributed by atoms with Crippen molar-refractivity contribution in [3.8, 4) is 0 Å². The molecule has 0 saturated carbocycles. The van der Waals surface area contributed by atoms with Gasteiger partial charge >= 0.3 is 0 Å². The minimum atomic E-state index is -0.145. The summed E-state index contributed by atoms with van der Waals surface area (Å²) >= 11 is 0.